The van der Waals surface area contributed by atoms with Crippen molar-refractivity contribution >= 4 is 27.6 Å². The summed E-state index contributed by atoms with van der Waals surface area (Å²) < 4.78 is 35.0. The number of aryl methyl sites for hydroxylation is 1. The summed E-state index contributed by atoms with van der Waals surface area (Å²) in [5.74, 6) is 0.272. The number of sulfonamides is 1. The number of nitrogens with one attached hydrogen (secondary N) is 1. The number of rotatable bonds is 8. The lowest BCUT2D eigenvalue weighted by Crippen LogP contribution is -2.43. The quantitative estimate of drug-likeness (QED) is 0.443. The number of thioether (sulfide) groups is 1. The molecule has 7 heteroatoms. The van der Waals surface area contributed by atoms with E-state index in [1.165, 1.54) is 0 Å². The first-order valence-electron chi connectivity index (χ1n) is 11.3. The molecule has 1 N–H and O–H groups in total. The molecule has 0 aliphatic heterocycles. The second-order valence-corrected chi connectivity index (χ2v) is 11.6. The van der Waals surface area contributed by atoms with Gasteiger partial charge in [0, 0.05) is 16.6 Å². The second-order valence-electron chi connectivity index (χ2n) is 8.54. The van der Waals surface area contributed by atoms with Crippen LogP contribution < -0.4 is 9.46 Å². The molecule has 3 unspecified atom stereocenters. The summed E-state index contributed by atoms with van der Waals surface area (Å²) in [6.45, 7) is 1.91. The van der Waals surface area contributed by atoms with Gasteiger partial charge in [-0.2, -0.15) is 0 Å². The van der Waals surface area contributed by atoms with Gasteiger partial charge in [0.15, 0.2) is 0 Å². The number of benzene rings is 3. The summed E-state index contributed by atoms with van der Waals surface area (Å²) in [6.07, 6.45) is 2.10. The van der Waals surface area contributed by atoms with Crippen LogP contribution in [0.25, 0.3) is 0 Å². The first-order chi connectivity index (χ1) is 16.4. The molecular formula is C27H29NO4S2. The molecule has 0 heterocycles. The van der Waals surface area contributed by atoms with Crippen molar-refractivity contribution in [3.05, 3.63) is 90.0 Å². The maximum atomic E-state index is 13.4. The van der Waals surface area contributed by atoms with Crippen LogP contribution in [-0.4, -0.2) is 26.6 Å². The number of carbonyl (C=O) groups excluding carboxylic acids is 1. The van der Waals surface area contributed by atoms with Crippen LogP contribution in [0.5, 0.6) is 5.75 Å². The predicted molar refractivity (Wildman–Crippen MR) is 136 cm³/mol. The lowest BCUT2D eigenvalue weighted by molar-refractivity contribution is -0.125. The highest BCUT2D eigenvalue weighted by Gasteiger charge is 2.41. The molecule has 0 aromatic heterocycles. The van der Waals surface area contributed by atoms with Gasteiger partial charge in [-0.25, -0.2) is 13.1 Å². The number of ketones is 1. The number of hydrogen-bond donors (Lipinski definition) is 1. The van der Waals surface area contributed by atoms with Crippen molar-refractivity contribution in [2.24, 2.45) is 5.92 Å². The molecule has 0 spiro atoms. The normalized spacial score (nSPS) is 19.5. The Kier molecular flexibility index (Phi) is 7.76. The largest absolute Gasteiger partial charge is 0.497 e. The van der Waals surface area contributed by atoms with Crippen LogP contribution in [0.3, 0.4) is 0 Å². The van der Waals surface area contributed by atoms with Gasteiger partial charge < -0.3 is 4.74 Å². The standard InChI is InChI=1S/C27H29NO4S2/c1-19-11-17-23(18-12-19)34(30,31)28-27(20-13-15-21(32-2)16-14-20)26-24(29)9-6-10-25(26)33-22-7-4-3-5-8-22/h3-5,7-8,11-18,25-28H,6,9-10H2,1-2H3. The molecule has 3 atom stereocenters. The molecule has 1 fully saturated rings. The highest BCUT2D eigenvalue weighted by molar-refractivity contribution is 8.00. The van der Waals surface area contributed by atoms with E-state index in [0.29, 0.717) is 12.2 Å². The summed E-state index contributed by atoms with van der Waals surface area (Å²) in [7, 11) is -2.26. The monoisotopic (exact) mass is 495 g/mol. The average Bonchev–Trinajstić information content (AvgIpc) is 2.84. The van der Waals surface area contributed by atoms with Gasteiger partial charge in [-0.15, -0.1) is 11.8 Å². The number of carbonyl (C=O) groups is 1. The van der Waals surface area contributed by atoms with Crippen LogP contribution in [0.1, 0.15) is 36.4 Å². The minimum Gasteiger partial charge on any atom is -0.497 e. The lowest BCUT2D eigenvalue weighted by Gasteiger charge is -2.36. The minimum absolute atomic E-state index is 0.0449. The Balaban J connectivity index is 1.73. The van der Waals surface area contributed by atoms with Crippen LogP contribution in [-0.2, 0) is 14.8 Å². The molecule has 0 amide bonds. The van der Waals surface area contributed by atoms with Crippen molar-refractivity contribution in [3.8, 4) is 5.75 Å². The van der Waals surface area contributed by atoms with Crippen LogP contribution >= 0.6 is 11.8 Å². The molecule has 178 valence electrons. The van der Waals surface area contributed by atoms with Crippen molar-refractivity contribution in [2.75, 3.05) is 7.11 Å². The van der Waals surface area contributed by atoms with E-state index in [9.17, 15) is 13.2 Å². The van der Waals surface area contributed by atoms with Gasteiger partial charge in [0.05, 0.1) is 24.0 Å². The van der Waals surface area contributed by atoms with E-state index in [1.807, 2.05) is 49.4 Å². The van der Waals surface area contributed by atoms with Crippen LogP contribution in [0.2, 0.25) is 0 Å². The van der Waals surface area contributed by atoms with E-state index < -0.39 is 22.0 Å². The van der Waals surface area contributed by atoms with E-state index in [0.717, 1.165) is 28.9 Å². The maximum absolute atomic E-state index is 13.4. The Bertz CT molecular complexity index is 1210. The number of hydrogen-bond acceptors (Lipinski definition) is 5. The summed E-state index contributed by atoms with van der Waals surface area (Å²) in [6, 6.07) is 23.3. The summed E-state index contributed by atoms with van der Waals surface area (Å²) in [4.78, 5) is 14.6. The van der Waals surface area contributed by atoms with Gasteiger partial charge in [0.1, 0.15) is 11.5 Å². The SMILES string of the molecule is COc1ccc(C(NS(=O)(=O)c2ccc(C)cc2)C2C(=O)CCCC2Sc2ccccc2)cc1. The highest BCUT2D eigenvalue weighted by Crippen LogP contribution is 2.42. The third kappa shape index (κ3) is 5.71. The lowest BCUT2D eigenvalue weighted by atomic mass is 9.80. The number of methoxy groups -OCH3 is 1. The summed E-state index contributed by atoms with van der Waals surface area (Å²) in [5, 5.41) is -0.0449. The number of Topliss-reactive ketones (excluding diaryl/α,β-unsaturated/α-hetero) is 1. The van der Waals surface area contributed by atoms with Gasteiger partial charge in [-0.3, -0.25) is 4.79 Å². The van der Waals surface area contributed by atoms with Gasteiger partial charge in [0.25, 0.3) is 0 Å². The summed E-state index contributed by atoms with van der Waals surface area (Å²) >= 11 is 1.65. The predicted octanol–water partition coefficient (Wildman–Crippen LogP) is 5.55. The molecule has 1 aliphatic carbocycles. The van der Waals surface area contributed by atoms with Gasteiger partial charge in [0.2, 0.25) is 10.0 Å². The van der Waals surface area contributed by atoms with Crippen molar-refractivity contribution in [1.82, 2.24) is 4.72 Å². The minimum atomic E-state index is -3.85. The topological polar surface area (TPSA) is 72.5 Å². The van der Waals surface area contributed by atoms with Gasteiger partial charge >= 0.3 is 0 Å². The molecule has 0 bridgehead atoms. The van der Waals surface area contributed by atoms with E-state index in [1.54, 1.807) is 55.3 Å². The Morgan fingerprint density at radius 1 is 0.971 bits per heavy atom. The first-order valence-corrected chi connectivity index (χ1v) is 13.7. The first kappa shape index (κ1) is 24.5. The zero-order valence-electron chi connectivity index (χ0n) is 19.3. The molecule has 0 radical (unpaired) electrons. The summed E-state index contributed by atoms with van der Waals surface area (Å²) in [5.41, 5.74) is 1.72. The fourth-order valence-electron chi connectivity index (χ4n) is 4.35. The van der Waals surface area contributed by atoms with Gasteiger partial charge in [-0.1, -0.05) is 48.0 Å². The maximum Gasteiger partial charge on any atom is 0.241 e. The molecule has 1 saturated carbocycles. The third-order valence-corrected chi connectivity index (χ3v) is 9.00. The Morgan fingerprint density at radius 2 is 1.65 bits per heavy atom. The van der Waals surface area contributed by atoms with E-state index in [2.05, 4.69) is 4.72 Å². The molecular weight excluding hydrogens is 466 g/mol. The van der Waals surface area contributed by atoms with Crippen LogP contribution in [0.4, 0.5) is 0 Å². The van der Waals surface area contributed by atoms with E-state index in [-0.39, 0.29) is 15.9 Å². The van der Waals surface area contributed by atoms with E-state index >= 15 is 0 Å². The molecule has 34 heavy (non-hydrogen) atoms. The Labute approximate surface area is 206 Å². The van der Waals surface area contributed by atoms with Crippen LogP contribution in [0.15, 0.2) is 88.7 Å². The zero-order valence-corrected chi connectivity index (χ0v) is 20.9. The number of ether oxygens (including phenoxy) is 1. The molecule has 3 aromatic rings. The fraction of sp³-hybridized carbons (Fsp3) is 0.296. The van der Waals surface area contributed by atoms with Crippen molar-refractivity contribution in [2.45, 2.75) is 47.3 Å². The fourth-order valence-corrected chi connectivity index (χ4v) is 7.00. The average molecular weight is 496 g/mol. The molecule has 1 aliphatic rings. The van der Waals surface area contributed by atoms with Gasteiger partial charge in [-0.05, 0) is 61.7 Å². The molecule has 0 saturated heterocycles. The molecule has 5 nitrogen and oxygen atoms in total. The van der Waals surface area contributed by atoms with Crippen molar-refractivity contribution < 1.29 is 17.9 Å². The Morgan fingerprint density at radius 3 is 2.29 bits per heavy atom. The smallest absolute Gasteiger partial charge is 0.241 e. The van der Waals surface area contributed by atoms with Crippen molar-refractivity contribution in [1.29, 1.82) is 0 Å². The third-order valence-electron chi connectivity index (χ3n) is 6.16. The highest BCUT2D eigenvalue weighted by atomic mass is 32.2. The van der Waals surface area contributed by atoms with Crippen LogP contribution in [0, 0.1) is 12.8 Å². The molecule has 3 aromatic carbocycles. The van der Waals surface area contributed by atoms with E-state index in [4.69, 9.17) is 4.74 Å². The molecule has 4 rings (SSSR count). The zero-order chi connectivity index (χ0) is 24.1. The van der Waals surface area contributed by atoms with Crippen molar-refractivity contribution in [3.63, 3.8) is 0 Å². The Hall–Kier alpha value is -2.61. The second kappa shape index (κ2) is 10.8.